The van der Waals surface area contributed by atoms with Crippen LogP contribution in [0.15, 0.2) is 22.7 Å². The van der Waals surface area contributed by atoms with E-state index in [1.54, 1.807) is 6.07 Å². The highest BCUT2D eigenvalue weighted by Gasteiger charge is 2.28. The number of anilines is 1. The van der Waals surface area contributed by atoms with Gasteiger partial charge in [-0.05, 0) is 67.6 Å². The molecular formula is C17H24BrN3O4. The molecule has 0 spiro atoms. The molecule has 1 aromatic carbocycles. The highest BCUT2D eigenvalue weighted by atomic mass is 79.9. The fraction of sp³-hybridized carbons (Fsp3) is 0.588. The van der Waals surface area contributed by atoms with Crippen LogP contribution in [0.25, 0.3) is 0 Å². The van der Waals surface area contributed by atoms with E-state index in [-0.39, 0.29) is 17.6 Å². The molecule has 1 aliphatic rings. The minimum Gasteiger partial charge on any atom is -0.444 e. The summed E-state index contributed by atoms with van der Waals surface area (Å²) >= 11 is 3.19. The van der Waals surface area contributed by atoms with Crippen LogP contribution in [0.3, 0.4) is 0 Å². The van der Waals surface area contributed by atoms with Gasteiger partial charge in [0.1, 0.15) is 5.60 Å². The molecule has 1 aliphatic carbocycles. The van der Waals surface area contributed by atoms with Gasteiger partial charge in [0.2, 0.25) is 0 Å². The maximum atomic E-state index is 11.8. The maximum absolute atomic E-state index is 11.8. The van der Waals surface area contributed by atoms with Crippen LogP contribution in [0, 0.1) is 16.0 Å². The van der Waals surface area contributed by atoms with Crippen molar-refractivity contribution in [3.05, 3.63) is 32.8 Å². The van der Waals surface area contributed by atoms with Crippen LogP contribution in [-0.2, 0) is 4.74 Å². The van der Waals surface area contributed by atoms with E-state index in [2.05, 4.69) is 26.6 Å². The van der Waals surface area contributed by atoms with E-state index in [4.69, 9.17) is 4.74 Å². The number of hydrogen-bond acceptors (Lipinski definition) is 5. The van der Waals surface area contributed by atoms with Crippen molar-refractivity contribution >= 4 is 33.4 Å². The second kappa shape index (κ2) is 8.03. The van der Waals surface area contributed by atoms with Gasteiger partial charge in [0.25, 0.3) is 5.69 Å². The van der Waals surface area contributed by atoms with Gasteiger partial charge in [-0.3, -0.25) is 10.1 Å². The van der Waals surface area contributed by atoms with Gasteiger partial charge in [-0.2, -0.15) is 0 Å². The summed E-state index contributed by atoms with van der Waals surface area (Å²) in [7, 11) is 0. The van der Waals surface area contributed by atoms with E-state index in [0.29, 0.717) is 16.7 Å². The smallest absolute Gasteiger partial charge is 0.407 e. The van der Waals surface area contributed by atoms with Crippen molar-refractivity contribution < 1.29 is 14.5 Å². The van der Waals surface area contributed by atoms with Crippen LogP contribution < -0.4 is 10.6 Å². The van der Waals surface area contributed by atoms with Crippen molar-refractivity contribution in [2.75, 3.05) is 11.9 Å². The first kappa shape index (κ1) is 19.5. The summed E-state index contributed by atoms with van der Waals surface area (Å²) in [6, 6.07) is 5.17. The molecule has 2 unspecified atom stereocenters. The fourth-order valence-corrected chi connectivity index (χ4v) is 3.35. The predicted octanol–water partition coefficient (Wildman–Crippen LogP) is 4.46. The molecule has 0 aromatic heterocycles. The van der Waals surface area contributed by atoms with Crippen molar-refractivity contribution in [2.24, 2.45) is 5.92 Å². The van der Waals surface area contributed by atoms with E-state index in [0.717, 1.165) is 19.3 Å². The molecule has 0 aliphatic heterocycles. The Morgan fingerprint density at radius 3 is 2.76 bits per heavy atom. The average molecular weight is 414 g/mol. The first-order valence-electron chi connectivity index (χ1n) is 8.33. The maximum Gasteiger partial charge on any atom is 0.407 e. The zero-order valence-corrected chi connectivity index (χ0v) is 16.3. The van der Waals surface area contributed by atoms with E-state index in [1.165, 1.54) is 6.07 Å². The number of benzene rings is 1. The summed E-state index contributed by atoms with van der Waals surface area (Å²) in [5, 5.41) is 17.2. The van der Waals surface area contributed by atoms with Crippen LogP contribution in [0.2, 0.25) is 0 Å². The Balaban J connectivity index is 1.94. The van der Waals surface area contributed by atoms with Gasteiger partial charge in [0.05, 0.1) is 9.40 Å². The fourth-order valence-electron chi connectivity index (χ4n) is 2.96. The van der Waals surface area contributed by atoms with Crippen molar-refractivity contribution in [3.63, 3.8) is 0 Å². The molecular weight excluding hydrogens is 390 g/mol. The Hall–Kier alpha value is -1.83. The highest BCUT2D eigenvalue weighted by Crippen LogP contribution is 2.32. The molecule has 8 heteroatoms. The number of carbonyl (C=O) groups excluding carboxylic acids is 1. The predicted molar refractivity (Wildman–Crippen MR) is 99.8 cm³/mol. The summed E-state index contributed by atoms with van der Waals surface area (Å²) < 4.78 is 5.71. The van der Waals surface area contributed by atoms with Crippen LogP contribution in [0.5, 0.6) is 0 Å². The zero-order valence-electron chi connectivity index (χ0n) is 14.7. The quantitative estimate of drug-likeness (QED) is 0.548. The second-order valence-electron chi connectivity index (χ2n) is 7.25. The van der Waals surface area contributed by atoms with E-state index in [9.17, 15) is 14.9 Å². The molecule has 1 saturated carbocycles. The lowest BCUT2D eigenvalue weighted by atomic mass is 10.0. The summed E-state index contributed by atoms with van der Waals surface area (Å²) in [5.41, 5.74) is 0.226. The van der Waals surface area contributed by atoms with Crippen molar-refractivity contribution in [3.8, 4) is 0 Å². The number of halogens is 1. The average Bonchev–Trinajstić information content (AvgIpc) is 2.92. The normalized spacial score (nSPS) is 20.2. The molecule has 25 heavy (non-hydrogen) atoms. The minimum absolute atomic E-state index is 0.0337. The third-order valence-corrected chi connectivity index (χ3v) is 4.73. The number of rotatable bonds is 5. The van der Waals surface area contributed by atoms with Crippen LogP contribution >= 0.6 is 15.9 Å². The molecule has 0 heterocycles. The molecule has 1 fully saturated rings. The van der Waals surface area contributed by atoms with E-state index in [1.807, 2.05) is 26.8 Å². The molecule has 1 amide bonds. The molecule has 7 nitrogen and oxygen atoms in total. The first-order chi connectivity index (χ1) is 11.7. The lowest BCUT2D eigenvalue weighted by molar-refractivity contribution is -0.385. The number of nitrogens with one attached hydrogen (secondary N) is 2. The summed E-state index contributed by atoms with van der Waals surface area (Å²) in [5.74, 6) is 0.259. The molecule has 0 saturated heterocycles. The molecule has 138 valence electrons. The Kier molecular flexibility index (Phi) is 6.26. The van der Waals surface area contributed by atoms with Crippen molar-refractivity contribution in [2.45, 2.75) is 51.7 Å². The molecule has 0 radical (unpaired) electrons. The number of nitrogens with zero attached hydrogens (tertiary/aromatic N) is 1. The van der Waals surface area contributed by atoms with Crippen LogP contribution in [-0.4, -0.2) is 29.2 Å². The molecule has 2 atom stereocenters. The van der Waals surface area contributed by atoms with Gasteiger partial charge < -0.3 is 15.4 Å². The Bertz CT molecular complexity index is 645. The largest absolute Gasteiger partial charge is 0.444 e. The molecule has 1 aromatic rings. The minimum atomic E-state index is -0.520. The van der Waals surface area contributed by atoms with E-state index >= 15 is 0 Å². The van der Waals surface area contributed by atoms with Crippen LogP contribution in [0.1, 0.15) is 40.0 Å². The lowest BCUT2D eigenvalue weighted by Gasteiger charge is -2.24. The number of alkyl carbamates (subject to hydrolysis) is 1. The van der Waals surface area contributed by atoms with Crippen LogP contribution in [0.4, 0.5) is 16.2 Å². The third-order valence-electron chi connectivity index (χ3n) is 4.06. The first-order valence-corrected chi connectivity index (χ1v) is 9.12. The molecule has 0 bridgehead atoms. The Morgan fingerprint density at radius 1 is 1.40 bits per heavy atom. The van der Waals surface area contributed by atoms with Gasteiger partial charge in [0.15, 0.2) is 0 Å². The zero-order chi connectivity index (χ0) is 18.6. The van der Waals surface area contributed by atoms with Gasteiger partial charge in [-0.25, -0.2) is 4.79 Å². The number of carbonyl (C=O) groups is 1. The van der Waals surface area contributed by atoms with Gasteiger partial charge in [0, 0.05) is 24.3 Å². The lowest BCUT2D eigenvalue weighted by Crippen LogP contribution is -2.38. The number of hydrogen-bond donors (Lipinski definition) is 2. The van der Waals surface area contributed by atoms with Gasteiger partial charge >= 0.3 is 6.09 Å². The Labute approximate surface area is 155 Å². The third kappa shape index (κ3) is 5.88. The summed E-state index contributed by atoms with van der Waals surface area (Å²) in [6.45, 7) is 6.00. The van der Waals surface area contributed by atoms with Crippen molar-refractivity contribution in [1.82, 2.24) is 5.32 Å². The second-order valence-corrected chi connectivity index (χ2v) is 8.10. The number of amides is 1. The van der Waals surface area contributed by atoms with Crippen molar-refractivity contribution in [1.29, 1.82) is 0 Å². The van der Waals surface area contributed by atoms with Gasteiger partial charge in [-0.1, -0.05) is 6.42 Å². The number of ether oxygens (including phenoxy) is 1. The SMILES string of the molecule is CC(C)(C)OC(=O)NCC1CCCC1Nc1ccc(Br)c([N+](=O)[O-])c1. The molecule has 2 rings (SSSR count). The summed E-state index contributed by atoms with van der Waals surface area (Å²) in [4.78, 5) is 22.4. The topological polar surface area (TPSA) is 93.5 Å². The monoisotopic (exact) mass is 413 g/mol. The number of nitro groups is 1. The standard InChI is InChI=1S/C17H24BrN3O4/c1-17(2,3)25-16(22)19-10-11-5-4-6-14(11)20-12-7-8-13(18)15(9-12)21(23)24/h7-9,11,14,20H,4-6,10H2,1-3H3,(H,19,22). The van der Waals surface area contributed by atoms with E-state index < -0.39 is 16.6 Å². The molecule has 2 N–H and O–H groups in total. The van der Waals surface area contributed by atoms with Gasteiger partial charge in [-0.15, -0.1) is 0 Å². The highest BCUT2D eigenvalue weighted by molar-refractivity contribution is 9.10. The summed E-state index contributed by atoms with van der Waals surface area (Å²) in [6.07, 6.45) is 2.59. The number of nitro benzene ring substituents is 1. The Morgan fingerprint density at radius 2 is 2.12 bits per heavy atom.